The van der Waals surface area contributed by atoms with Crippen molar-refractivity contribution in [1.29, 1.82) is 0 Å². The van der Waals surface area contributed by atoms with Crippen molar-refractivity contribution in [3.63, 3.8) is 0 Å². The number of hydrogen-bond donors (Lipinski definition) is 0. The van der Waals surface area contributed by atoms with Crippen molar-refractivity contribution >= 4 is 22.5 Å². The number of benzene rings is 2. The van der Waals surface area contributed by atoms with Gasteiger partial charge in [0.1, 0.15) is 5.82 Å². The Balaban J connectivity index is 1.55. The molecule has 0 atom stereocenters. The SMILES string of the molecule is COC(=O)c1ccc(-c2cc(F)c3ncc(Cc4ccc5ncccc5c4)n3c2)cc1F. The summed E-state index contributed by atoms with van der Waals surface area (Å²) in [5, 5.41) is 1.02. The van der Waals surface area contributed by atoms with Gasteiger partial charge in [0.15, 0.2) is 11.5 Å². The lowest BCUT2D eigenvalue weighted by molar-refractivity contribution is 0.0595. The van der Waals surface area contributed by atoms with Gasteiger partial charge >= 0.3 is 5.97 Å². The predicted molar refractivity (Wildman–Crippen MR) is 116 cm³/mol. The molecule has 0 aliphatic carbocycles. The second-order valence-corrected chi connectivity index (χ2v) is 7.41. The van der Waals surface area contributed by atoms with E-state index < -0.39 is 17.6 Å². The van der Waals surface area contributed by atoms with Gasteiger partial charge in [0.2, 0.25) is 0 Å². The number of carbonyl (C=O) groups excluding carboxylic acids is 1. The van der Waals surface area contributed by atoms with E-state index in [2.05, 4.69) is 14.7 Å². The molecular formula is C25H17F2N3O2. The lowest BCUT2D eigenvalue weighted by Crippen LogP contribution is -2.04. The average molecular weight is 429 g/mol. The van der Waals surface area contributed by atoms with Gasteiger partial charge in [0.05, 0.1) is 18.2 Å². The Labute approximate surface area is 181 Å². The second kappa shape index (κ2) is 7.85. The lowest BCUT2D eigenvalue weighted by atomic mass is 10.0. The van der Waals surface area contributed by atoms with E-state index >= 15 is 0 Å². The van der Waals surface area contributed by atoms with Gasteiger partial charge in [0, 0.05) is 41.7 Å². The Morgan fingerprint density at radius 1 is 1.00 bits per heavy atom. The van der Waals surface area contributed by atoms with Crippen LogP contribution in [0.5, 0.6) is 0 Å². The van der Waals surface area contributed by atoms with Crippen molar-refractivity contribution in [2.24, 2.45) is 0 Å². The number of pyridine rings is 2. The number of hydrogen-bond acceptors (Lipinski definition) is 4. The van der Waals surface area contributed by atoms with E-state index in [0.717, 1.165) is 22.2 Å². The maximum Gasteiger partial charge on any atom is 0.340 e. The number of ether oxygens (including phenoxy) is 1. The van der Waals surface area contributed by atoms with Gasteiger partial charge in [-0.25, -0.2) is 18.6 Å². The minimum absolute atomic E-state index is 0.174. The van der Waals surface area contributed by atoms with E-state index in [0.29, 0.717) is 17.5 Å². The molecule has 0 spiro atoms. The zero-order valence-electron chi connectivity index (χ0n) is 17.0. The van der Waals surface area contributed by atoms with Crippen LogP contribution in [-0.2, 0) is 11.2 Å². The third-order valence-electron chi connectivity index (χ3n) is 5.40. The first-order valence-electron chi connectivity index (χ1n) is 9.91. The molecule has 0 fully saturated rings. The van der Waals surface area contributed by atoms with Crippen LogP contribution in [0.4, 0.5) is 8.78 Å². The van der Waals surface area contributed by atoms with E-state index in [1.54, 1.807) is 29.1 Å². The summed E-state index contributed by atoms with van der Waals surface area (Å²) in [6.45, 7) is 0. The van der Waals surface area contributed by atoms with E-state index in [1.165, 1.54) is 25.3 Å². The molecule has 5 nitrogen and oxygen atoms in total. The molecule has 0 saturated carbocycles. The molecule has 5 aromatic rings. The van der Waals surface area contributed by atoms with Crippen LogP contribution in [0.1, 0.15) is 21.6 Å². The molecule has 3 aromatic heterocycles. The fourth-order valence-corrected chi connectivity index (χ4v) is 3.80. The third kappa shape index (κ3) is 3.47. The summed E-state index contributed by atoms with van der Waals surface area (Å²) in [6.07, 6.45) is 5.63. The van der Waals surface area contributed by atoms with Crippen molar-refractivity contribution in [2.75, 3.05) is 7.11 Å². The van der Waals surface area contributed by atoms with Crippen molar-refractivity contribution in [3.05, 3.63) is 102 Å². The highest BCUT2D eigenvalue weighted by atomic mass is 19.1. The fourth-order valence-electron chi connectivity index (χ4n) is 3.80. The van der Waals surface area contributed by atoms with Crippen molar-refractivity contribution in [1.82, 2.24) is 14.4 Å². The summed E-state index contributed by atoms with van der Waals surface area (Å²) >= 11 is 0. The Morgan fingerprint density at radius 3 is 2.66 bits per heavy atom. The Kier molecular flexibility index (Phi) is 4.86. The normalized spacial score (nSPS) is 11.2. The highest BCUT2D eigenvalue weighted by Crippen LogP contribution is 2.26. The van der Waals surface area contributed by atoms with Gasteiger partial charge in [-0.05, 0) is 47.5 Å². The molecule has 2 aromatic carbocycles. The zero-order valence-corrected chi connectivity index (χ0v) is 17.0. The summed E-state index contributed by atoms with van der Waals surface area (Å²) in [5.74, 6) is -2.02. The zero-order chi connectivity index (χ0) is 22.2. The van der Waals surface area contributed by atoms with Crippen LogP contribution < -0.4 is 0 Å². The Morgan fingerprint density at radius 2 is 1.84 bits per heavy atom. The Hall–Kier alpha value is -4.13. The molecular weight excluding hydrogens is 412 g/mol. The quantitative estimate of drug-likeness (QED) is 0.368. The minimum atomic E-state index is -0.766. The molecule has 0 aliphatic rings. The number of aromatic nitrogens is 3. The highest BCUT2D eigenvalue weighted by Gasteiger charge is 2.15. The molecule has 7 heteroatoms. The topological polar surface area (TPSA) is 56.5 Å². The second-order valence-electron chi connectivity index (χ2n) is 7.41. The number of carbonyl (C=O) groups is 1. The van der Waals surface area contributed by atoms with Crippen LogP contribution >= 0.6 is 0 Å². The van der Waals surface area contributed by atoms with Crippen molar-refractivity contribution < 1.29 is 18.3 Å². The van der Waals surface area contributed by atoms with Gasteiger partial charge in [-0.3, -0.25) is 4.98 Å². The molecule has 0 aliphatic heterocycles. The number of nitrogens with zero attached hydrogens (tertiary/aromatic N) is 3. The number of imidazole rings is 1. The molecule has 158 valence electrons. The molecule has 0 N–H and O–H groups in total. The standard InChI is InChI=1S/C25H17F2N3O2/c1-32-25(31)20-6-5-16(11-21(20)26)18-12-22(27)24-29-13-19(30(24)14-18)10-15-4-7-23-17(9-15)3-2-8-28-23/h2-9,11-14H,10H2,1H3. The van der Waals surface area contributed by atoms with Gasteiger partial charge in [-0.15, -0.1) is 0 Å². The molecule has 5 rings (SSSR count). The van der Waals surface area contributed by atoms with Crippen molar-refractivity contribution in [2.45, 2.75) is 6.42 Å². The summed E-state index contributed by atoms with van der Waals surface area (Å²) < 4.78 is 35.4. The monoisotopic (exact) mass is 429 g/mol. The molecule has 0 radical (unpaired) electrons. The number of methoxy groups -OCH3 is 1. The summed E-state index contributed by atoms with van der Waals surface area (Å²) in [7, 11) is 1.19. The van der Waals surface area contributed by atoms with Gasteiger partial charge in [-0.1, -0.05) is 18.2 Å². The van der Waals surface area contributed by atoms with E-state index in [-0.39, 0.29) is 11.2 Å². The first-order chi connectivity index (χ1) is 15.5. The fraction of sp³-hybridized carbons (Fsp3) is 0.0800. The van der Waals surface area contributed by atoms with E-state index in [1.807, 2.05) is 30.3 Å². The molecule has 0 bridgehead atoms. The van der Waals surface area contributed by atoms with Gasteiger partial charge in [-0.2, -0.15) is 0 Å². The van der Waals surface area contributed by atoms with Crippen molar-refractivity contribution in [3.8, 4) is 11.1 Å². The number of esters is 1. The number of rotatable bonds is 4. The highest BCUT2D eigenvalue weighted by molar-refractivity contribution is 5.90. The van der Waals surface area contributed by atoms with Crippen LogP contribution in [0.3, 0.4) is 0 Å². The number of fused-ring (bicyclic) bond motifs is 2. The van der Waals surface area contributed by atoms with Crippen LogP contribution in [-0.4, -0.2) is 27.4 Å². The largest absolute Gasteiger partial charge is 0.465 e. The maximum absolute atomic E-state index is 14.8. The minimum Gasteiger partial charge on any atom is -0.465 e. The predicted octanol–water partition coefficient (Wildman–Crippen LogP) is 5.21. The molecule has 0 amide bonds. The van der Waals surface area contributed by atoms with E-state index in [4.69, 9.17) is 0 Å². The van der Waals surface area contributed by atoms with Gasteiger partial charge in [0.25, 0.3) is 0 Å². The van der Waals surface area contributed by atoms with Crippen LogP contribution in [0.15, 0.2) is 73.2 Å². The molecule has 3 heterocycles. The van der Waals surface area contributed by atoms with Crippen LogP contribution in [0, 0.1) is 11.6 Å². The maximum atomic E-state index is 14.8. The average Bonchev–Trinajstić information content (AvgIpc) is 3.21. The van der Waals surface area contributed by atoms with E-state index in [9.17, 15) is 13.6 Å². The first kappa shape index (κ1) is 19.8. The summed E-state index contributed by atoms with van der Waals surface area (Å²) in [5.41, 5.74) is 3.65. The first-order valence-corrected chi connectivity index (χ1v) is 9.91. The third-order valence-corrected chi connectivity index (χ3v) is 5.40. The van der Waals surface area contributed by atoms with Crippen LogP contribution in [0.25, 0.3) is 27.7 Å². The summed E-state index contributed by atoms with van der Waals surface area (Å²) in [6, 6.07) is 15.2. The Bertz CT molecular complexity index is 1490. The number of halogens is 2. The smallest absolute Gasteiger partial charge is 0.340 e. The van der Waals surface area contributed by atoms with Gasteiger partial charge < -0.3 is 9.14 Å². The molecule has 0 unspecified atom stereocenters. The summed E-state index contributed by atoms with van der Waals surface area (Å²) in [4.78, 5) is 20.2. The molecule has 0 saturated heterocycles. The molecule has 32 heavy (non-hydrogen) atoms. The lowest BCUT2D eigenvalue weighted by Gasteiger charge is -2.09. The van der Waals surface area contributed by atoms with Crippen LogP contribution in [0.2, 0.25) is 0 Å².